The van der Waals surface area contributed by atoms with E-state index in [4.69, 9.17) is 9.47 Å². The predicted molar refractivity (Wildman–Crippen MR) is 95.3 cm³/mol. The van der Waals surface area contributed by atoms with Crippen LogP contribution in [0.25, 0.3) is 0 Å². The Balaban J connectivity index is 1.94. The summed E-state index contributed by atoms with van der Waals surface area (Å²) >= 11 is 0. The summed E-state index contributed by atoms with van der Waals surface area (Å²) in [5.41, 5.74) is -0.150. The number of piperidine rings is 1. The van der Waals surface area contributed by atoms with Gasteiger partial charge in [-0.25, -0.2) is 8.78 Å². The van der Waals surface area contributed by atoms with Crippen LogP contribution in [0.4, 0.5) is 8.78 Å². The lowest BCUT2D eigenvalue weighted by atomic mass is 9.94. The Morgan fingerprint density at radius 1 is 1.11 bits per heavy atom. The molecule has 0 saturated carbocycles. The summed E-state index contributed by atoms with van der Waals surface area (Å²) in [7, 11) is 3.16. The van der Waals surface area contributed by atoms with Gasteiger partial charge in [-0.2, -0.15) is 0 Å². The van der Waals surface area contributed by atoms with Gasteiger partial charge in [0.2, 0.25) is 5.91 Å². The van der Waals surface area contributed by atoms with Crippen molar-refractivity contribution < 1.29 is 27.8 Å². The second kappa shape index (κ2) is 10.3. The molecule has 1 saturated heterocycles. The number of methoxy groups -OCH3 is 2. The average Bonchev–Trinajstić information content (AvgIpc) is 2.67. The molecule has 1 heterocycles. The zero-order chi connectivity index (χ0) is 19.8. The molecule has 0 aliphatic carbocycles. The molecule has 1 aromatic rings. The van der Waals surface area contributed by atoms with Crippen LogP contribution in [0, 0.1) is 17.6 Å². The van der Waals surface area contributed by atoms with E-state index in [9.17, 15) is 18.4 Å². The Labute approximate surface area is 158 Å². The second-order valence-electron chi connectivity index (χ2n) is 6.50. The summed E-state index contributed by atoms with van der Waals surface area (Å²) in [6.45, 7) is 2.56. The quantitative estimate of drug-likeness (QED) is 0.687. The molecule has 1 aromatic carbocycles. The second-order valence-corrected chi connectivity index (χ2v) is 6.50. The Kier molecular flexibility index (Phi) is 8.12. The van der Waals surface area contributed by atoms with Gasteiger partial charge in [-0.1, -0.05) is 0 Å². The summed E-state index contributed by atoms with van der Waals surface area (Å²) in [5.74, 6) is -2.25. The molecule has 1 aliphatic heterocycles. The smallest absolute Gasteiger partial charge is 0.256 e. The van der Waals surface area contributed by atoms with Crippen LogP contribution in [0.5, 0.6) is 0 Å². The van der Waals surface area contributed by atoms with Gasteiger partial charge >= 0.3 is 0 Å². The van der Waals surface area contributed by atoms with Gasteiger partial charge in [-0.05, 0) is 25.0 Å². The number of nitrogens with zero attached hydrogens (tertiary/aromatic N) is 2. The van der Waals surface area contributed by atoms with Crippen molar-refractivity contribution in [3.8, 4) is 0 Å². The van der Waals surface area contributed by atoms with Crippen LogP contribution in [-0.2, 0) is 14.3 Å². The molecule has 2 amide bonds. The number of ether oxygens (including phenoxy) is 2. The normalized spacial score (nSPS) is 15.0. The van der Waals surface area contributed by atoms with Gasteiger partial charge < -0.3 is 19.3 Å². The number of amides is 2. The van der Waals surface area contributed by atoms with Crippen molar-refractivity contribution in [2.24, 2.45) is 5.92 Å². The van der Waals surface area contributed by atoms with Gasteiger partial charge in [0.25, 0.3) is 5.91 Å². The topological polar surface area (TPSA) is 59.1 Å². The molecule has 150 valence electrons. The SMILES string of the molecule is COCCN(CCOC)C(=O)C1CCN(C(=O)c2ccc(F)cc2F)CC1. The Morgan fingerprint density at radius 3 is 2.22 bits per heavy atom. The van der Waals surface area contributed by atoms with E-state index in [0.717, 1.165) is 12.1 Å². The molecule has 1 fully saturated rings. The van der Waals surface area contributed by atoms with Crippen molar-refractivity contribution in [1.82, 2.24) is 9.80 Å². The van der Waals surface area contributed by atoms with Crippen LogP contribution in [0.1, 0.15) is 23.2 Å². The number of rotatable bonds is 8. The van der Waals surface area contributed by atoms with Crippen molar-refractivity contribution in [3.63, 3.8) is 0 Å². The summed E-state index contributed by atoms with van der Waals surface area (Å²) < 4.78 is 37.0. The van der Waals surface area contributed by atoms with Crippen molar-refractivity contribution in [2.75, 3.05) is 53.6 Å². The minimum Gasteiger partial charge on any atom is -0.383 e. The Morgan fingerprint density at radius 2 is 1.70 bits per heavy atom. The molecule has 27 heavy (non-hydrogen) atoms. The van der Waals surface area contributed by atoms with E-state index >= 15 is 0 Å². The molecule has 1 aliphatic rings. The van der Waals surface area contributed by atoms with Crippen LogP contribution in [0.3, 0.4) is 0 Å². The molecule has 6 nitrogen and oxygen atoms in total. The zero-order valence-electron chi connectivity index (χ0n) is 15.7. The Hall–Kier alpha value is -2.06. The molecular weight excluding hydrogens is 358 g/mol. The predicted octanol–water partition coefficient (Wildman–Crippen LogP) is 1.94. The van der Waals surface area contributed by atoms with E-state index in [-0.39, 0.29) is 17.4 Å². The van der Waals surface area contributed by atoms with Crippen LogP contribution in [0.2, 0.25) is 0 Å². The van der Waals surface area contributed by atoms with Crippen LogP contribution >= 0.6 is 0 Å². The van der Waals surface area contributed by atoms with Crippen LogP contribution < -0.4 is 0 Å². The highest BCUT2D eigenvalue weighted by atomic mass is 19.1. The molecule has 0 bridgehead atoms. The minimum absolute atomic E-state index is 0.0177. The highest BCUT2D eigenvalue weighted by molar-refractivity contribution is 5.94. The molecule has 0 N–H and O–H groups in total. The first-order valence-corrected chi connectivity index (χ1v) is 8.99. The number of carbonyl (C=O) groups is 2. The number of halogens is 2. The van der Waals surface area contributed by atoms with Gasteiger partial charge in [0.1, 0.15) is 11.6 Å². The molecule has 0 radical (unpaired) electrons. The number of likely N-dealkylation sites (tertiary alicyclic amines) is 1. The highest BCUT2D eigenvalue weighted by Gasteiger charge is 2.31. The third-order valence-corrected chi connectivity index (χ3v) is 4.74. The van der Waals surface area contributed by atoms with Crippen molar-refractivity contribution in [3.05, 3.63) is 35.4 Å². The maximum Gasteiger partial charge on any atom is 0.256 e. The standard InChI is InChI=1S/C19H26F2N2O4/c1-26-11-9-23(10-12-27-2)18(24)14-5-7-22(8-6-14)19(25)16-4-3-15(20)13-17(16)21/h3-4,13-14H,5-12H2,1-2H3. The highest BCUT2D eigenvalue weighted by Crippen LogP contribution is 2.22. The minimum atomic E-state index is -0.872. The molecule has 0 aromatic heterocycles. The number of hydrogen-bond acceptors (Lipinski definition) is 4. The molecule has 0 unspecified atom stereocenters. The fourth-order valence-electron chi connectivity index (χ4n) is 3.16. The maximum atomic E-state index is 13.8. The van der Waals surface area contributed by atoms with E-state index < -0.39 is 17.5 Å². The van der Waals surface area contributed by atoms with E-state index in [1.807, 2.05) is 0 Å². The first-order chi connectivity index (χ1) is 13.0. The summed E-state index contributed by atoms with van der Waals surface area (Å²) in [6, 6.07) is 2.92. The lowest BCUT2D eigenvalue weighted by Crippen LogP contribution is -2.46. The molecular formula is C19H26F2N2O4. The van der Waals surface area contributed by atoms with Gasteiger partial charge in [-0.3, -0.25) is 9.59 Å². The van der Waals surface area contributed by atoms with Gasteiger partial charge in [-0.15, -0.1) is 0 Å². The van der Waals surface area contributed by atoms with Crippen molar-refractivity contribution >= 4 is 11.8 Å². The summed E-state index contributed by atoms with van der Waals surface area (Å²) in [6.07, 6.45) is 1.01. The van der Waals surface area contributed by atoms with Gasteiger partial charge in [0.15, 0.2) is 0 Å². The van der Waals surface area contributed by atoms with E-state index in [1.165, 1.54) is 4.90 Å². The average molecular weight is 384 g/mol. The lowest BCUT2D eigenvalue weighted by Gasteiger charge is -2.34. The zero-order valence-corrected chi connectivity index (χ0v) is 15.7. The summed E-state index contributed by atoms with van der Waals surface area (Å²) in [4.78, 5) is 28.4. The number of carbonyl (C=O) groups excluding carboxylic acids is 2. The van der Waals surface area contributed by atoms with Gasteiger partial charge in [0, 0.05) is 52.4 Å². The number of hydrogen-bond donors (Lipinski definition) is 0. The van der Waals surface area contributed by atoms with Crippen LogP contribution in [-0.4, -0.2) is 75.2 Å². The van der Waals surface area contributed by atoms with Crippen LogP contribution in [0.15, 0.2) is 18.2 Å². The van der Waals surface area contributed by atoms with E-state index in [0.29, 0.717) is 58.3 Å². The largest absolute Gasteiger partial charge is 0.383 e. The molecule has 8 heteroatoms. The third-order valence-electron chi connectivity index (χ3n) is 4.74. The van der Waals surface area contributed by atoms with E-state index in [1.54, 1.807) is 19.1 Å². The van der Waals surface area contributed by atoms with Crippen molar-refractivity contribution in [1.29, 1.82) is 0 Å². The monoisotopic (exact) mass is 384 g/mol. The Bertz CT molecular complexity index is 641. The van der Waals surface area contributed by atoms with E-state index in [2.05, 4.69) is 0 Å². The third kappa shape index (κ3) is 5.71. The maximum absolute atomic E-state index is 13.8. The fourth-order valence-corrected chi connectivity index (χ4v) is 3.16. The fraction of sp³-hybridized carbons (Fsp3) is 0.579. The van der Waals surface area contributed by atoms with Crippen molar-refractivity contribution in [2.45, 2.75) is 12.8 Å². The number of benzene rings is 1. The van der Waals surface area contributed by atoms with Gasteiger partial charge in [0.05, 0.1) is 18.8 Å². The molecule has 0 atom stereocenters. The molecule has 2 rings (SSSR count). The lowest BCUT2D eigenvalue weighted by molar-refractivity contribution is -0.138. The first kappa shape index (κ1) is 21.2. The molecule has 0 spiro atoms. The first-order valence-electron chi connectivity index (χ1n) is 8.99. The summed E-state index contributed by atoms with van der Waals surface area (Å²) in [5, 5.41) is 0.